The Labute approximate surface area is 166 Å². The second-order valence-corrected chi connectivity index (χ2v) is 8.06. The van der Waals surface area contributed by atoms with Gasteiger partial charge in [0.2, 0.25) is 5.82 Å². The van der Waals surface area contributed by atoms with Crippen LogP contribution >= 0.6 is 0 Å². The van der Waals surface area contributed by atoms with Crippen LogP contribution in [0.3, 0.4) is 0 Å². The maximum atomic E-state index is 11.8. The van der Waals surface area contributed by atoms with E-state index in [1.165, 1.54) is 13.2 Å². The molecular weight excluding hydrogens is 362 g/mol. The lowest BCUT2D eigenvalue weighted by Gasteiger charge is -2.37. The minimum atomic E-state index is -0.401. The van der Waals surface area contributed by atoms with Crippen LogP contribution in [0.1, 0.15) is 64.4 Å². The molecule has 2 rings (SSSR count). The van der Waals surface area contributed by atoms with Gasteiger partial charge in [0.25, 0.3) is 0 Å². The summed E-state index contributed by atoms with van der Waals surface area (Å²) >= 11 is 0. The summed E-state index contributed by atoms with van der Waals surface area (Å²) in [7, 11) is 1.32. The van der Waals surface area contributed by atoms with Crippen molar-refractivity contribution in [1.82, 2.24) is 4.98 Å². The Morgan fingerprint density at radius 3 is 2.54 bits per heavy atom. The van der Waals surface area contributed by atoms with Crippen molar-refractivity contribution in [2.24, 2.45) is 5.92 Å². The molecule has 1 aliphatic carbocycles. The third-order valence-electron chi connectivity index (χ3n) is 5.28. The first-order chi connectivity index (χ1) is 13.2. The summed E-state index contributed by atoms with van der Waals surface area (Å²) < 4.78 is 4.69. The standard InChI is InChI=1S/C20H31N3O5/c1-13(2)12-22(16-5-7-17(24)8-6-16)20-18(23(26)27)10-15(11-21-20)14(3)9-19(25)28-4/h10-11,13-14,16-17,24H,5-9,12H2,1-4H3/t14-,16-,17-/m1/s1. The monoisotopic (exact) mass is 393 g/mol. The van der Waals surface area contributed by atoms with Crippen LogP contribution in [-0.4, -0.2) is 46.8 Å². The number of rotatable bonds is 8. The molecule has 1 aromatic rings. The molecule has 28 heavy (non-hydrogen) atoms. The Hall–Kier alpha value is -2.22. The quantitative estimate of drug-likeness (QED) is 0.410. The van der Waals surface area contributed by atoms with Crippen molar-refractivity contribution in [3.8, 4) is 0 Å². The van der Waals surface area contributed by atoms with E-state index in [0.29, 0.717) is 36.7 Å². The number of methoxy groups -OCH3 is 1. The predicted molar refractivity (Wildman–Crippen MR) is 106 cm³/mol. The van der Waals surface area contributed by atoms with Crippen molar-refractivity contribution in [3.05, 3.63) is 27.9 Å². The molecule has 0 aliphatic heterocycles. The first-order valence-electron chi connectivity index (χ1n) is 9.88. The number of carbonyl (C=O) groups is 1. The summed E-state index contributed by atoms with van der Waals surface area (Å²) in [6.45, 7) is 6.63. The molecule has 0 aromatic carbocycles. The fraction of sp³-hybridized carbons (Fsp3) is 0.700. The minimum Gasteiger partial charge on any atom is -0.469 e. The summed E-state index contributed by atoms with van der Waals surface area (Å²) in [6.07, 6.45) is 4.44. The molecule has 1 atom stereocenters. The van der Waals surface area contributed by atoms with E-state index in [1.807, 2.05) is 11.8 Å². The number of nitrogens with zero attached hydrogens (tertiary/aromatic N) is 3. The van der Waals surface area contributed by atoms with Crippen molar-refractivity contribution >= 4 is 17.5 Å². The van der Waals surface area contributed by atoms with Crippen LogP contribution < -0.4 is 4.90 Å². The van der Waals surface area contributed by atoms with Crippen LogP contribution in [-0.2, 0) is 9.53 Å². The topological polar surface area (TPSA) is 106 Å². The maximum Gasteiger partial charge on any atom is 0.311 e. The Bertz CT molecular complexity index is 686. The second kappa shape index (κ2) is 9.82. The number of hydrogen-bond donors (Lipinski definition) is 1. The summed E-state index contributed by atoms with van der Waals surface area (Å²) in [5.41, 5.74) is 0.602. The van der Waals surface area contributed by atoms with Gasteiger partial charge >= 0.3 is 11.7 Å². The summed E-state index contributed by atoms with van der Waals surface area (Å²) in [5.74, 6) is 0.0952. The van der Waals surface area contributed by atoms with Crippen LogP contribution in [0.25, 0.3) is 0 Å². The van der Waals surface area contributed by atoms with Gasteiger partial charge in [0, 0.05) is 24.8 Å². The van der Waals surface area contributed by atoms with E-state index in [1.54, 1.807) is 6.20 Å². The number of carbonyl (C=O) groups excluding carboxylic acids is 1. The van der Waals surface area contributed by atoms with Crippen LogP contribution in [0.4, 0.5) is 11.5 Å². The SMILES string of the molecule is COC(=O)C[C@@H](C)c1cnc(N(CC(C)C)[C@H]2CC[C@H](O)CC2)c([N+](=O)[O-])c1. The van der Waals surface area contributed by atoms with Gasteiger partial charge in [-0.05, 0) is 43.1 Å². The molecule has 0 bridgehead atoms. The average Bonchev–Trinajstić information content (AvgIpc) is 2.66. The zero-order chi connectivity index (χ0) is 20.8. The molecule has 0 spiro atoms. The van der Waals surface area contributed by atoms with E-state index < -0.39 is 4.92 Å². The number of esters is 1. The molecule has 1 fully saturated rings. The molecule has 1 aliphatic rings. The van der Waals surface area contributed by atoms with Gasteiger partial charge in [-0.2, -0.15) is 0 Å². The van der Waals surface area contributed by atoms with Crippen molar-refractivity contribution in [3.63, 3.8) is 0 Å². The molecule has 0 radical (unpaired) electrons. The zero-order valence-corrected chi connectivity index (χ0v) is 17.1. The summed E-state index contributed by atoms with van der Waals surface area (Å²) in [5, 5.41) is 21.6. The van der Waals surface area contributed by atoms with Crippen molar-refractivity contribution < 1.29 is 19.6 Å². The van der Waals surface area contributed by atoms with Crippen molar-refractivity contribution in [2.75, 3.05) is 18.6 Å². The Balaban J connectivity index is 2.36. The Morgan fingerprint density at radius 2 is 2.00 bits per heavy atom. The van der Waals surface area contributed by atoms with Gasteiger partial charge in [-0.25, -0.2) is 4.98 Å². The van der Waals surface area contributed by atoms with Gasteiger partial charge in [-0.15, -0.1) is 0 Å². The Kier molecular flexibility index (Phi) is 7.74. The van der Waals surface area contributed by atoms with Crippen LogP contribution in [0.15, 0.2) is 12.3 Å². The fourth-order valence-electron chi connectivity index (χ4n) is 3.71. The molecule has 1 saturated carbocycles. The van der Waals surface area contributed by atoms with E-state index >= 15 is 0 Å². The highest BCUT2D eigenvalue weighted by molar-refractivity contribution is 5.70. The van der Waals surface area contributed by atoms with Gasteiger partial charge in [-0.3, -0.25) is 14.9 Å². The molecular formula is C20H31N3O5. The van der Waals surface area contributed by atoms with E-state index in [9.17, 15) is 20.0 Å². The zero-order valence-electron chi connectivity index (χ0n) is 17.1. The number of anilines is 1. The highest BCUT2D eigenvalue weighted by Gasteiger charge is 2.31. The molecule has 8 heteroatoms. The molecule has 1 N–H and O–H groups in total. The van der Waals surface area contributed by atoms with Crippen LogP contribution in [0.5, 0.6) is 0 Å². The second-order valence-electron chi connectivity index (χ2n) is 8.06. The number of aliphatic hydroxyl groups excluding tert-OH is 1. The first-order valence-corrected chi connectivity index (χ1v) is 9.88. The number of aliphatic hydroxyl groups is 1. The first kappa shape index (κ1) is 22.1. The Morgan fingerprint density at radius 1 is 1.36 bits per heavy atom. The molecule has 156 valence electrons. The largest absolute Gasteiger partial charge is 0.469 e. The lowest BCUT2D eigenvalue weighted by atomic mass is 9.91. The van der Waals surface area contributed by atoms with E-state index in [0.717, 1.165) is 12.8 Å². The molecule has 0 unspecified atom stereocenters. The number of nitro groups is 1. The molecule has 1 heterocycles. The summed E-state index contributed by atoms with van der Waals surface area (Å²) in [6, 6.07) is 1.65. The average molecular weight is 393 g/mol. The normalized spacial score (nSPS) is 20.6. The lowest BCUT2D eigenvalue weighted by Crippen LogP contribution is -2.42. The third-order valence-corrected chi connectivity index (χ3v) is 5.28. The maximum absolute atomic E-state index is 11.8. The third kappa shape index (κ3) is 5.64. The van der Waals surface area contributed by atoms with Gasteiger partial charge in [0.1, 0.15) is 0 Å². The molecule has 1 aromatic heterocycles. The highest BCUT2D eigenvalue weighted by atomic mass is 16.6. The predicted octanol–water partition coefficient (Wildman–Crippen LogP) is 3.42. The van der Waals surface area contributed by atoms with Gasteiger partial charge < -0.3 is 14.7 Å². The van der Waals surface area contributed by atoms with E-state index in [2.05, 4.69) is 18.8 Å². The molecule has 0 amide bonds. The molecule has 8 nitrogen and oxygen atoms in total. The summed E-state index contributed by atoms with van der Waals surface area (Å²) in [4.78, 5) is 29.4. The number of pyridine rings is 1. The number of aromatic nitrogens is 1. The fourth-order valence-corrected chi connectivity index (χ4v) is 3.71. The molecule has 0 saturated heterocycles. The van der Waals surface area contributed by atoms with Gasteiger partial charge in [0.05, 0.1) is 24.6 Å². The van der Waals surface area contributed by atoms with Crippen LogP contribution in [0, 0.1) is 16.0 Å². The van der Waals surface area contributed by atoms with Gasteiger partial charge in [-0.1, -0.05) is 20.8 Å². The van der Waals surface area contributed by atoms with Gasteiger partial charge in [0.15, 0.2) is 0 Å². The smallest absolute Gasteiger partial charge is 0.311 e. The minimum absolute atomic E-state index is 0.0408. The number of hydrogen-bond acceptors (Lipinski definition) is 7. The van der Waals surface area contributed by atoms with Crippen LogP contribution in [0.2, 0.25) is 0 Å². The lowest BCUT2D eigenvalue weighted by molar-refractivity contribution is -0.384. The highest BCUT2D eigenvalue weighted by Crippen LogP contribution is 2.35. The number of ether oxygens (including phenoxy) is 1. The van der Waals surface area contributed by atoms with Crippen molar-refractivity contribution in [2.45, 2.75) is 70.9 Å². The van der Waals surface area contributed by atoms with Crippen molar-refractivity contribution in [1.29, 1.82) is 0 Å². The van der Waals surface area contributed by atoms with E-state index in [4.69, 9.17) is 4.74 Å². The van der Waals surface area contributed by atoms with E-state index in [-0.39, 0.29) is 36.1 Å².